The van der Waals surface area contributed by atoms with Crippen LogP contribution >= 0.6 is 11.6 Å². The maximum Gasteiger partial charge on any atom is 0.0561 e. The van der Waals surface area contributed by atoms with Crippen molar-refractivity contribution in [1.29, 1.82) is 0 Å². The smallest absolute Gasteiger partial charge is 0.0561 e. The second kappa shape index (κ2) is 6.41. The minimum Gasteiger partial charge on any atom is -0.378 e. The van der Waals surface area contributed by atoms with Crippen LogP contribution in [0.5, 0.6) is 0 Å². The summed E-state index contributed by atoms with van der Waals surface area (Å²) in [7, 11) is 0. The Hall–Kier alpha value is -0.0500. The molecule has 1 N–H and O–H groups in total. The first-order chi connectivity index (χ1) is 6.33. The van der Waals surface area contributed by atoms with E-state index in [0.29, 0.717) is 18.0 Å². The van der Waals surface area contributed by atoms with Gasteiger partial charge in [-0.05, 0) is 19.8 Å². The molecule has 0 bridgehead atoms. The van der Waals surface area contributed by atoms with Crippen molar-refractivity contribution in [2.75, 3.05) is 19.0 Å². The molecule has 0 aliphatic carbocycles. The van der Waals surface area contributed by atoms with E-state index in [9.17, 15) is 0 Å². The number of allylic oxidation sites excluding steroid dienone is 1. The van der Waals surface area contributed by atoms with Crippen molar-refractivity contribution in [2.45, 2.75) is 31.9 Å². The molecule has 1 heterocycles. The molecule has 0 radical (unpaired) electrons. The Kier molecular flexibility index (Phi) is 5.44. The molecule has 1 saturated heterocycles. The number of alkyl halides is 1. The zero-order chi connectivity index (χ0) is 9.52. The Labute approximate surface area is 85.3 Å². The molecule has 1 aliphatic rings. The normalized spacial score (nSPS) is 29.7. The fourth-order valence-electron chi connectivity index (χ4n) is 1.56. The summed E-state index contributed by atoms with van der Waals surface area (Å²) in [6.07, 6.45) is 6.70. The van der Waals surface area contributed by atoms with Crippen molar-refractivity contribution >= 4 is 11.6 Å². The Balaban J connectivity index is 2.10. The van der Waals surface area contributed by atoms with Crippen molar-refractivity contribution in [3.8, 4) is 0 Å². The van der Waals surface area contributed by atoms with Crippen molar-refractivity contribution in [3.63, 3.8) is 0 Å². The van der Waals surface area contributed by atoms with Gasteiger partial charge in [-0.3, -0.25) is 0 Å². The highest BCUT2D eigenvalue weighted by molar-refractivity contribution is 6.18. The fourth-order valence-corrected chi connectivity index (χ4v) is 1.69. The van der Waals surface area contributed by atoms with Crippen LogP contribution in [0.3, 0.4) is 0 Å². The first-order valence-corrected chi connectivity index (χ1v) is 5.42. The van der Waals surface area contributed by atoms with Crippen LogP contribution in [0.15, 0.2) is 12.2 Å². The highest BCUT2D eigenvalue weighted by Crippen LogP contribution is 2.12. The van der Waals surface area contributed by atoms with E-state index in [1.807, 2.05) is 6.08 Å². The Bertz CT molecular complexity index is 161. The lowest BCUT2D eigenvalue weighted by atomic mass is 10.0. The Morgan fingerprint density at radius 3 is 3.08 bits per heavy atom. The van der Waals surface area contributed by atoms with E-state index >= 15 is 0 Å². The molecular weight excluding hydrogens is 186 g/mol. The molecule has 0 aromatic carbocycles. The van der Waals surface area contributed by atoms with Gasteiger partial charge < -0.3 is 10.1 Å². The molecule has 76 valence electrons. The topological polar surface area (TPSA) is 21.3 Å². The summed E-state index contributed by atoms with van der Waals surface area (Å²) in [6.45, 7) is 3.94. The maximum absolute atomic E-state index is 5.51. The molecule has 1 fully saturated rings. The van der Waals surface area contributed by atoms with Crippen LogP contribution in [-0.2, 0) is 4.74 Å². The zero-order valence-corrected chi connectivity index (χ0v) is 8.89. The summed E-state index contributed by atoms with van der Waals surface area (Å²) in [5.74, 6) is 0.603. The van der Waals surface area contributed by atoms with E-state index in [-0.39, 0.29) is 0 Å². The summed E-state index contributed by atoms with van der Waals surface area (Å²) in [6, 6.07) is 0.615. The van der Waals surface area contributed by atoms with E-state index in [1.54, 1.807) is 0 Å². The minimum absolute atomic E-state index is 0.406. The molecule has 2 atom stereocenters. The standard InChI is InChI=1S/C10H18ClNO/c1-9-8-10(4-7-13-9)12-6-3-2-5-11/h2-3,9-10,12H,4-8H2,1H3/b3-2+. The average Bonchev–Trinajstić information content (AvgIpc) is 2.13. The van der Waals surface area contributed by atoms with Gasteiger partial charge in [0, 0.05) is 25.1 Å². The van der Waals surface area contributed by atoms with Gasteiger partial charge in [-0.2, -0.15) is 0 Å². The summed E-state index contributed by atoms with van der Waals surface area (Å²) >= 11 is 5.51. The van der Waals surface area contributed by atoms with Gasteiger partial charge in [0.05, 0.1) is 6.10 Å². The fraction of sp³-hybridized carbons (Fsp3) is 0.800. The third-order valence-electron chi connectivity index (χ3n) is 2.27. The van der Waals surface area contributed by atoms with Crippen LogP contribution in [0.4, 0.5) is 0 Å². The van der Waals surface area contributed by atoms with Crippen LogP contribution in [0.25, 0.3) is 0 Å². The number of ether oxygens (including phenoxy) is 1. The van der Waals surface area contributed by atoms with Gasteiger partial charge in [0.2, 0.25) is 0 Å². The molecule has 0 saturated carbocycles. The molecule has 13 heavy (non-hydrogen) atoms. The number of halogens is 1. The number of nitrogens with one attached hydrogen (secondary N) is 1. The van der Waals surface area contributed by atoms with Gasteiger partial charge in [-0.15, -0.1) is 11.6 Å². The third-order valence-corrected chi connectivity index (χ3v) is 2.44. The second-order valence-corrected chi connectivity index (χ2v) is 3.75. The quantitative estimate of drug-likeness (QED) is 0.557. The Morgan fingerprint density at radius 2 is 2.38 bits per heavy atom. The van der Waals surface area contributed by atoms with E-state index in [4.69, 9.17) is 16.3 Å². The first kappa shape index (κ1) is 11.0. The van der Waals surface area contributed by atoms with Gasteiger partial charge in [0.25, 0.3) is 0 Å². The molecule has 3 heteroatoms. The largest absolute Gasteiger partial charge is 0.378 e. The molecule has 1 aliphatic heterocycles. The Morgan fingerprint density at radius 1 is 1.54 bits per heavy atom. The van der Waals surface area contributed by atoms with E-state index in [1.165, 1.54) is 0 Å². The van der Waals surface area contributed by atoms with Crippen LogP contribution in [0.1, 0.15) is 19.8 Å². The molecule has 2 unspecified atom stereocenters. The maximum atomic E-state index is 5.51. The molecule has 0 spiro atoms. The predicted molar refractivity (Wildman–Crippen MR) is 56.3 cm³/mol. The van der Waals surface area contributed by atoms with Crippen LogP contribution in [-0.4, -0.2) is 31.2 Å². The highest BCUT2D eigenvalue weighted by atomic mass is 35.5. The molecule has 0 aromatic rings. The summed E-state index contributed by atoms with van der Waals surface area (Å²) in [5.41, 5.74) is 0. The van der Waals surface area contributed by atoms with Crippen molar-refractivity contribution in [1.82, 2.24) is 5.32 Å². The van der Waals surface area contributed by atoms with Crippen molar-refractivity contribution < 1.29 is 4.74 Å². The predicted octanol–water partition coefficient (Wildman–Crippen LogP) is 1.94. The molecule has 0 aromatic heterocycles. The van der Waals surface area contributed by atoms with Gasteiger partial charge in [-0.25, -0.2) is 0 Å². The second-order valence-electron chi connectivity index (χ2n) is 3.44. The SMILES string of the molecule is CC1CC(NC/C=C/CCl)CCO1. The van der Waals surface area contributed by atoms with Crippen LogP contribution in [0.2, 0.25) is 0 Å². The van der Waals surface area contributed by atoms with Gasteiger partial charge >= 0.3 is 0 Å². The lowest BCUT2D eigenvalue weighted by molar-refractivity contribution is 0.0140. The average molecular weight is 204 g/mol. The number of rotatable bonds is 4. The summed E-state index contributed by atoms with van der Waals surface area (Å²) in [4.78, 5) is 0. The summed E-state index contributed by atoms with van der Waals surface area (Å²) < 4.78 is 5.46. The minimum atomic E-state index is 0.406. The van der Waals surface area contributed by atoms with Crippen molar-refractivity contribution in [2.24, 2.45) is 0 Å². The monoisotopic (exact) mass is 203 g/mol. The van der Waals surface area contributed by atoms with Crippen molar-refractivity contribution in [3.05, 3.63) is 12.2 Å². The highest BCUT2D eigenvalue weighted by Gasteiger charge is 2.17. The molecular formula is C10H18ClNO. The molecule has 1 rings (SSSR count). The van der Waals surface area contributed by atoms with E-state index in [0.717, 1.165) is 26.0 Å². The van der Waals surface area contributed by atoms with Gasteiger partial charge in [-0.1, -0.05) is 12.2 Å². The lowest BCUT2D eigenvalue weighted by Crippen LogP contribution is -2.37. The lowest BCUT2D eigenvalue weighted by Gasteiger charge is -2.27. The van der Waals surface area contributed by atoms with E-state index < -0.39 is 0 Å². The third kappa shape index (κ3) is 4.65. The van der Waals surface area contributed by atoms with E-state index in [2.05, 4.69) is 18.3 Å². The summed E-state index contributed by atoms with van der Waals surface area (Å²) in [5, 5.41) is 3.46. The van der Waals surface area contributed by atoms with Gasteiger partial charge in [0.1, 0.15) is 0 Å². The molecule has 2 nitrogen and oxygen atoms in total. The zero-order valence-electron chi connectivity index (χ0n) is 8.13. The van der Waals surface area contributed by atoms with Crippen LogP contribution in [0, 0.1) is 0 Å². The first-order valence-electron chi connectivity index (χ1n) is 4.89. The van der Waals surface area contributed by atoms with Gasteiger partial charge in [0.15, 0.2) is 0 Å². The molecule has 0 amide bonds. The number of hydrogen-bond donors (Lipinski definition) is 1. The number of hydrogen-bond acceptors (Lipinski definition) is 2. The van der Waals surface area contributed by atoms with Crippen LogP contribution < -0.4 is 5.32 Å².